The molecule has 0 radical (unpaired) electrons. The molecule has 0 saturated carbocycles. The molecule has 0 aromatic heterocycles. The molecule has 0 atom stereocenters. The summed E-state index contributed by atoms with van der Waals surface area (Å²) in [5.74, 6) is 0. The smallest absolute Gasteiger partial charge is 0.134 e. The van der Waals surface area contributed by atoms with Crippen LogP contribution in [0.2, 0.25) is 0 Å². The minimum atomic E-state index is -2.62. The Morgan fingerprint density at radius 3 is 0.784 bits per heavy atom. The zero-order chi connectivity index (χ0) is 26.6. The van der Waals surface area contributed by atoms with E-state index < -0.39 is 12.7 Å². The minimum absolute atomic E-state index is 0.833. The topological polar surface area (TPSA) is 0 Å². The third-order valence-electron chi connectivity index (χ3n) is 5.25. The quantitative estimate of drug-likeness (QED) is 0.140. The van der Waals surface area contributed by atoms with Gasteiger partial charge in [-0.3, -0.25) is 0 Å². The molecule has 5 aromatic rings. The first-order valence-corrected chi connectivity index (χ1v) is 20.6. The van der Waals surface area contributed by atoms with Crippen molar-refractivity contribution >= 4 is 83.7 Å². The number of benzene rings is 5. The molecule has 0 saturated heterocycles. The first kappa shape index (κ1) is 29.5. The maximum atomic E-state index is 6.49. The average molecular weight is 619 g/mol. The van der Waals surface area contributed by atoms with Crippen LogP contribution < -0.4 is 15.6 Å². The lowest BCUT2D eigenvalue weighted by Gasteiger charge is -2.17. The molecule has 0 aliphatic heterocycles. The zero-order valence-corrected chi connectivity index (χ0v) is 25.6. The van der Waals surface area contributed by atoms with Crippen LogP contribution in [0.25, 0.3) is 11.1 Å². The number of hydrogen-bond acceptors (Lipinski definition) is 0. The Labute approximate surface area is 244 Å². The second kappa shape index (κ2) is 14.8. The van der Waals surface area contributed by atoms with E-state index in [9.17, 15) is 0 Å². The van der Waals surface area contributed by atoms with Crippen LogP contribution in [0.3, 0.4) is 0 Å². The van der Waals surface area contributed by atoms with Crippen molar-refractivity contribution in [2.45, 2.75) is 0 Å². The highest BCUT2D eigenvalue weighted by Gasteiger charge is 2.32. The molecular formula is C30H25Cl5Si2. The van der Waals surface area contributed by atoms with Crippen LogP contribution in [-0.2, 0) is 0 Å². The minimum Gasteiger partial charge on any atom is -0.134 e. The van der Waals surface area contributed by atoms with E-state index in [1.807, 2.05) is 103 Å². The molecule has 0 aliphatic carbocycles. The van der Waals surface area contributed by atoms with Gasteiger partial charge in [-0.05, 0) is 26.7 Å². The highest BCUT2D eigenvalue weighted by molar-refractivity contribution is 7.69. The van der Waals surface area contributed by atoms with E-state index in [-0.39, 0.29) is 0 Å². The molecule has 0 spiro atoms. The van der Waals surface area contributed by atoms with Gasteiger partial charge in [0.25, 0.3) is 0 Å². The van der Waals surface area contributed by atoms with Gasteiger partial charge in [0.1, 0.15) is 0 Å². The van der Waals surface area contributed by atoms with E-state index in [0.717, 1.165) is 15.6 Å². The van der Waals surface area contributed by atoms with Crippen LogP contribution in [0.1, 0.15) is 0 Å². The average Bonchev–Trinajstić information content (AvgIpc) is 2.96. The Balaban J connectivity index is 0.000000158. The molecule has 0 heterocycles. The maximum Gasteiger partial charge on any atom is 0.372 e. The van der Waals surface area contributed by atoms with E-state index >= 15 is 0 Å². The summed E-state index contributed by atoms with van der Waals surface area (Å²) < 4.78 is 0. The third-order valence-corrected chi connectivity index (χ3v) is 12.9. The lowest BCUT2D eigenvalue weighted by molar-refractivity contribution is 1.62. The summed E-state index contributed by atoms with van der Waals surface area (Å²) in [6.07, 6.45) is 0. The van der Waals surface area contributed by atoms with Gasteiger partial charge in [0.15, 0.2) is 0 Å². The standard InChI is InChI=1S/C12H10Cl2Si.C12H10.C6H5Cl3Si/c13-15(14,11-7-3-1-4-8-11)12-9-5-2-6-10-12;1-3-7-11(8-4-1)12-9-5-2-6-10-12;7-10(8,9)6-4-2-1-3-5-6/h1-10H;1-10H;1-5H. The molecule has 0 N–H and O–H groups in total. The summed E-state index contributed by atoms with van der Waals surface area (Å²) in [5.41, 5.74) is 2.55. The van der Waals surface area contributed by atoms with Gasteiger partial charge >= 0.3 is 12.7 Å². The molecule has 0 amide bonds. The van der Waals surface area contributed by atoms with Crippen molar-refractivity contribution in [3.05, 3.63) is 152 Å². The Bertz CT molecular complexity index is 1220. The van der Waals surface area contributed by atoms with Crippen molar-refractivity contribution < 1.29 is 0 Å². The van der Waals surface area contributed by atoms with Crippen LogP contribution in [-0.4, -0.2) is 12.7 Å². The lowest BCUT2D eigenvalue weighted by atomic mass is 10.1. The summed E-state index contributed by atoms with van der Waals surface area (Å²) in [6.45, 7) is -2.51. The van der Waals surface area contributed by atoms with E-state index in [0.29, 0.717) is 0 Å². The van der Waals surface area contributed by atoms with Gasteiger partial charge in [-0.15, -0.1) is 55.4 Å². The van der Waals surface area contributed by atoms with Crippen LogP contribution in [0.15, 0.2) is 152 Å². The van der Waals surface area contributed by atoms with Crippen molar-refractivity contribution in [3.63, 3.8) is 0 Å². The Kier molecular flexibility index (Phi) is 11.8. The van der Waals surface area contributed by atoms with Crippen molar-refractivity contribution in [2.75, 3.05) is 0 Å². The summed E-state index contributed by atoms with van der Waals surface area (Å²) in [5, 5.41) is 2.89. The number of hydrogen-bond donors (Lipinski definition) is 0. The van der Waals surface area contributed by atoms with Crippen LogP contribution in [0.4, 0.5) is 0 Å². The van der Waals surface area contributed by atoms with Gasteiger partial charge in [-0.2, -0.15) is 0 Å². The van der Waals surface area contributed by atoms with Gasteiger partial charge in [0.05, 0.1) is 0 Å². The summed E-state index contributed by atoms with van der Waals surface area (Å²) >= 11 is 30.2. The van der Waals surface area contributed by atoms with Gasteiger partial charge in [0, 0.05) is 0 Å². The molecule has 0 aliphatic rings. The molecule has 188 valence electrons. The fraction of sp³-hybridized carbons (Fsp3) is 0. The lowest BCUT2D eigenvalue weighted by Crippen LogP contribution is -2.48. The van der Waals surface area contributed by atoms with Crippen LogP contribution in [0.5, 0.6) is 0 Å². The Morgan fingerprint density at radius 2 is 0.541 bits per heavy atom. The predicted octanol–water partition coefficient (Wildman–Crippen LogP) is 8.62. The molecular weight excluding hydrogens is 594 g/mol. The zero-order valence-electron chi connectivity index (χ0n) is 19.8. The Hall–Kier alpha value is -2.02. The molecule has 0 unspecified atom stereocenters. The molecule has 7 heteroatoms. The predicted molar refractivity (Wildman–Crippen MR) is 171 cm³/mol. The molecule has 5 rings (SSSR count). The fourth-order valence-corrected chi connectivity index (χ4v) is 8.12. The van der Waals surface area contributed by atoms with Gasteiger partial charge in [-0.1, -0.05) is 152 Å². The van der Waals surface area contributed by atoms with E-state index in [1.54, 1.807) is 0 Å². The second-order valence-electron chi connectivity index (χ2n) is 7.90. The highest BCUT2D eigenvalue weighted by atomic mass is 35.8. The van der Waals surface area contributed by atoms with Crippen molar-refractivity contribution in [1.29, 1.82) is 0 Å². The first-order valence-electron chi connectivity index (χ1n) is 11.5. The van der Waals surface area contributed by atoms with E-state index in [2.05, 4.69) is 48.5 Å². The van der Waals surface area contributed by atoms with Crippen molar-refractivity contribution in [3.8, 4) is 11.1 Å². The molecule has 37 heavy (non-hydrogen) atoms. The summed E-state index contributed by atoms with van der Waals surface area (Å²) in [6, 6.07) is 47.2. The fourth-order valence-electron chi connectivity index (χ4n) is 3.35. The molecule has 0 bridgehead atoms. The number of rotatable bonds is 4. The highest BCUT2D eigenvalue weighted by Crippen LogP contribution is 2.19. The monoisotopic (exact) mass is 616 g/mol. The summed E-state index contributed by atoms with van der Waals surface area (Å²) in [4.78, 5) is 0. The summed E-state index contributed by atoms with van der Waals surface area (Å²) in [7, 11) is 0. The maximum absolute atomic E-state index is 6.49. The van der Waals surface area contributed by atoms with Crippen molar-refractivity contribution in [2.24, 2.45) is 0 Å². The first-order chi connectivity index (χ1) is 17.8. The second-order valence-corrected chi connectivity index (χ2v) is 22.6. The van der Waals surface area contributed by atoms with Crippen molar-refractivity contribution in [1.82, 2.24) is 0 Å². The normalized spacial score (nSPS) is 10.8. The third kappa shape index (κ3) is 9.66. The van der Waals surface area contributed by atoms with Gasteiger partial charge in [-0.25, -0.2) is 0 Å². The van der Waals surface area contributed by atoms with Crippen LogP contribution in [0, 0.1) is 0 Å². The van der Waals surface area contributed by atoms with Gasteiger partial charge < -0.3 is 0 Å². The van der Waals surface area contributed by atoms with Gasteiger partial charge in [0.2, 0.25) is 0 Å². The Morgan fingerprint density at radius 1 is 0.297 bits per heavy atom. The van der Waals surface area contributed by atoms with E-state index in [1.165, 1.54) is 11.1 Å². The molecule has 5 aromatic carbocycles. The molecule has 0 nitrogen and oxygen atoms in total. The van der Waals surface area contributed by atoms with Crippen LogP contribution >= 0.6 is 55.4 Å². The van der Waals surface area contributed by atoms with E-state index in [4.69, 9.17) is 55.4 Å². The largest absolute Gasteiger partial charge is 0.372 e. The number of halogens is 5. The SMILES string of the molecule is Cl[Si](Cl)(Cl)c1ccccc1.Cl[Si](Cl)(c1ccccc1)c1ccccc1.c1ccc(-c2ccccc2)cc1. The molecule has 0 fully saturated rings.